The molecule has 0 aliphatic rings. The first-order valence-electron chi connectivity index (χ1n) is 6.40. The first-order valence-corrected chi connectivity index (χ1v) is 7.19. The Morgan fingerprint density at radius 2 is 1.84 bits per heavy atom. The van der Waals surface area contributed by atoms with Crippen LogP contribution in [0.4, 0.5) is 5.82 Å². The van der Waals surface area contributed by atoms with Crippen LogP contribution in [0, 0.1) is 5.92 Å². The van der Waals surface area contributed by atoms with Gasteiger partial charge in [0.1, 0.15) is 5.82 Å². The van der Waals surface area contributed by atoms with Gasteiger partial charge in [0.15, 0.2) is 5.82 Å². The Bertz CT molecular complexity index is 550. The summed E-state index contributed by atoms with van der Waals surface area (Å²) in [6.07, 6.45) is 0.959. The van der Waals surface area contributed by atoms with Gasteiger partial charge in [0.2, 0.25) is 0 Å². The summed E-state index contributed by atoms with van der Waals surface area (Å²) in [7, 11) is 1.88. The zero-order valence-corrected chi connectivity index (χ0v) is 13.0. The van der Waals surface area contributed by atoms with Crippen molar-refractivity contribution >= 4 is 21.7 Å². The summed E-state index contributed by atoms with van der Waals surface area (Å²) < 4.78 is 1.06. The lowest BCUT2D eigenvalue weighted by molar-refractivity contribution is 0.635. The van der Waals surface area contributed by atoms with E-state index in [0.29, 0.717) is 5.92 Å². The van der Waals surface area contributed by atoms with Gasteiger partial charge in [-0.15, -0.1) is 0 Å². The van der Waals surface area contributed by atoms with E-state index < -0.39 is 0 Å². The van der Waals surface area contributed by atoms with Crippen molar-refractivity contribution in [3.63, 3.8) is 0 Å². The van der Waals surface area contributed by atoms with Gasteiger partial charge in [0.25, 0.3) is 0 Å². The maximum Gasteiger partial charge on any atom is 0.161 e. The molecule has 2 aromatic rings. The molecule has 1 N–H and O–H groups in total. The topological polar surface area (TPSA) is 37.8 Å². The summed E-state index contributed by atoms with van der Waals surface area (Å²) in [5.41, 5.74) is 2.11. The maximum atomic E-state index is 4.66. The van der Waals surface area contributed by atoms with Crippen LogP contribution >= 0.6 is 15.9 Å². The van der Waals surface area contributed by atoms with Gasteiger partial charge < -0.3 is 5.32 Å². The predicted molar refractivity (Wildman–Crippen MR) is 83.3 cm³/mol. The number of benzene rings is 1. The molecule has 0 amide bonds. The van der Waals surface area contributed by atoms with E-state index in [1.807, 2.05) is 37.4 Å². The SMILES string of the molecule is CNc1cc(CC(C)C)nc(-c2ccc(Br)cc2)n1. The quantitative estimate of drug-likeness (QED) is 0.920. The van der Waals surface area contributed by atoms with Crippen LogP contribution in [0.25, 0.3) is 11.4 Å². The molecule has 0 radical (unpaired) electrons. The monoisotopic (exact) mass is 319 g/mol. The Kier molecular flexibility index (Phi) is 4.53. The van der Waals surface area contributed by atoms with E-state index in [4.69, 9.17) is 0 Å². The molecular formula is C15H18BrN3. The Morgan fingerprint density at radius 3 is 2.42 bits per heavy atom. The molecule has 100 valence electrons. The second-order valence-electron chi connectivity index (χ2n) is 4.92. The number of hydrogen-bond donors (Lipinski definition) is 1. The summed E-state index contributed by atoms with van der Waals surface area (Å²) in [5, 5.41) is 3.10. The van der Waals surface area contributed by atoms with Crippen LogP contribution in [0.1, 0.15) is 19.5 Å². The Labute approximate surface area is 122 Å². The lowest BCUT2D eigenvalue weighted by Gasteiger charge is -2.09. The molecule has 0 aliphatic carbocycles. The van der Waals surface area contributed by atoms with Crippen molar-refractivity contribution in [1.82, 2.24) is 9.97 Å². The first-order chi connectivity index (χ1) is 9.08. The largest absolute Gasteiger partial charge is 0.373 e. The highest BCUT2D eigenvalue weighted by Crippen LogP contribution is 2.21. The second-order valence-corrected chi connectivity index (χ2v) is 5.84. The molecule has 0 aliphatic heterocycles. The van der Waals surface area contributed by atoms with Crippen LogP contribution in [0.15, 0.2) is 34.8 Å². The summed E-state index contributed by atoms with van der Waals surface area (Å²) in [4.78, 5) is 9.18. The molecule has 4 heteroatoms. The van der Waals surface area contributed by atoms with Gasteiger partial charge in [0, 0.05) is 28.8 Å². The number of hydrogen-bond acceptors (Lipinski definition) is 3. The highest BCUT2D eigenvalue weighted by molar-refractivity contribution is 9.10. The molecule has 1 aromatic heterocycles. The third kappa shape index (κ3) is 3.77. The summed E-state index contributed by atoms with van der Waals surface area (Å²) in [6, 6.07) is 10.1. The zero-order valence-electron chi connectivity index (χ0n) is 11.4. The van der Waals surface area contributed by atoms with Gasteiger partial charge in [-0.1, -0.05) is 41.9 Å². The van der Waals surface area contributed by atoms with Gasteiger partial charge in [-0.3, -0.25) is 0 Å². The Hall–Kier alpha value is -1.42. The van der Waals surface area contributed by atoms with Gasteiger partial charge in [-0.25, -0.2) is 9.97 Å². The third-order valence-electron chi connectivity index (χ3n) is 2.76. The van der Waals surface area contributed by atoms with Crippen LogP contribution < -0.4 is 5.32 Å². The fourth-order valence-electron chi connectivity index (χ4n) is 1.88. The van der Waals surface area contributed by atoms with E-state index in [1.165, 1.54) is 0 Å². The van der Waals surface area contributed by atoms with Crippen molar-refractivity contribution in [2.75, 3.05) is 12.4 Å². The molecule has 0 bridgehead atoms. The molecule has 1 aromatic carbocycles. The first kappa shape index (κ1) is 14.0. The molecule has 0 fully saturated rings. The Morgan fingerprint density at radius 1 is 1.16 bits per heavy atom. The summed E-state index contributed by atoms with van der Waals surface area (Å²) in [6.45, 7) is 4.39. The number of rotatable bonds is 4. The van der Waals surface area contributed by atoms with Crippen LogP contribution in [0.2, 0.25) is 0 Å². The van der Waals surface area contributed by atoms with Crippen LogP contribution in [-0.2, 0) is 6.42 Å². The lowest BCUT2D eigenvalue weighted by atomic mass is 10.1. The van der Waals surface area contributed by atoms with Crippen molar-refractivity contribution in [3.8, 4) is 11.4 Å². The van der Waals surface area contributed by atoms with E-state index in [0.717, 1.165) is 33.8 Å². The van der Waals surface area contributed by atoms with Crippen molar-refractivity contribution in [1.29, 1.82) is 0 Å². The van der Waals surface area contributed by atoms with Gasteiger partial charge >= 0.3 is 0 Å². The highest BCUT2D eigenvalue weighted by atomic mass is 79.9. The molecule has 0 saturated carbocycles. The number of nitrogens with one attached hydrogen (secondary N) is 1. The van der Waals surface area contributed by atoms with Crippen molar-refractivity contribution in [2.24, 2.45) is 5.92 Å². The van der Waals surface area contributed by atoms with E-state index in [9.17, 15) is 0 Å². The fraction of sp³-hybridized carbons (Fsp3) is 0.333. The average Bonchev–Trinajstić information content (AvgIpc) is 2.38. The molecule has 0 saturated heterocycles. The average molecular weight is 320 g/mol. The number of aromatic nitrogens is 2. The van der Waals surface area contributed by atoms with Crippen LogP contribution in [-0.4, -0.2) is 17.0 Å². The number of anilines is 1. The standard InChI is InChI=1S/C15H18BrN3/c1-10(2)8-13-9-14(17-3)19-15(18-13)11-4-6-12(16)7-5-11/h4-7,9-10H,8H2,1-3H3,(H,17,18,19). The minimum absolute atomic E-state index is 0.581. The van der Waals surface area contributed by atoms with Crippen molar-refractivity contribution in [3.05, 3.63) is 40.5 Å². The second kappa shape index (κ2) is 6.15. The van der Waals surface area contributed by atoms with E-state index >= 15 is 0 Å². The number of halogens is 1. The van der Waals surface area contributed by atoms with Crippen LogP contribution in [0.3, 0.4) is 0 Å². The molecule has 19 heavy (non-hydrogen) atoms. The van der Waals surface area contributed by atoms with E-state index in [-0.39, 0.29) is 0 Å². The number of nitrogens with zero attached hydrogens (tertiary/aromatic N) is 2. The van der Waals surface area contributed by atoms with Crippen molar-refractivity contribution in [2.45, 2.75) is 20.3 Å². The van der Waals surface area contributed by atoms with E-state index in [1.54, 1.807) is 0 Å². The molecule has 2 rings (SSSR count). The Balaban J connectivity index is 2.41. The molecule has 1 heterocycles. The lowest BCUT2D eigenvalue weighted by Crippen LogP contribution is -2.03. The van der Waals surface area contributed by atoms with Gasteiger partial charge in [-0.05, 0) is 24.5 Å². The molecule has 0 unspecified atom stereocenters. The van der Waals surface area contributed by atoms with Gasteiger partial charge in [0.05, 0.1) is 0 Å². The molecule has 0 atom stereocenters. The smallest absolute Gasteiger partial charge is 0.161 e. The minimum Gasteiger partial charge on any atom is -0.373 e. The molecule has 0 spiro atoms. The normalized spacial score (nSPS) is 10.8. The maximum absolute atomic E-state index is 4.66. The summed E-state index contributed by atoms with van der Waals surface area (Å²) in [5.74, 6) is 2.22. The zero-order chi connectivity index (χ0) is 13.8. The van der Waals surface area contributed by atoms with Gasteiger partial charge in [-0.2, -0.15) is 0 Å². The minimum atomic E-state index is 0.581. The predicted octanol–water partition coefficient (Wildman–Crippen LogP) is 4.15. The molecular weight excluding hydrogens is 302 g/mol. The third-order valence-corrected chi connectivity index (χ3v) is 3.28. The van der Waals surface area contributed by atoms with Crippen molar-refractivity contribution < 1.29 is 0 Å². The van der Waals surface area contributed by atoms with E-state index in [2.05, 4.69) is 45.1 Å². The highest BCUT2D eigenvalue weighted by Gasteiger charge is 2.07. The fourth-order valence-corrected chi connectivity index (χ4v) is 2.14. The summed E-state index contributed by atoms with van der Waals surface area (Å²) >= 11 is 3.44. The van der Waals surface area contributed by atoms with Crippen LogP contribution in [0.5, 0.6) is 0 Å². The molecule has 3 nitrogen and oxygen atoms in total.